The molecule has 0 aliphatic heterocycles. The van der Waals surface area contributed by atoms with Gasteiger partial charge in [0.05, 0.1) is 5.56 Å². The molecular weight excluding hydrogens is 217 g/mol. The summed E-state index contributed by atoms with van der Waals surface area (Å²) in [6.07, 6.45) is -1.26. The van der Waals surface area contributed by atoms with Gasteiger partial charge in [-0.15, -0.1) is 0 Å². The summed E-state index contributed by atoms with van der Waals surface area (Å²) in [6, 6.07) is 2.44. The van der Waals surface area contributed by atoms with Crippen LogP contribution in [0.1, 0.15) is 31.0 Å². The summed E-state index contributed by atoms with van der Waals surface area (Å²) >= 11 is 0. The number of rotatable bonds is 1. The molecule has 0 aliphatic rings. The van der Waals surface area contributed by atoms with Gasteiger partial charge in [-0.1, -0.05) is 13.8 Å². The van der Waals surface area contributed by atoms with Gasteiger partial charge in [-0.25, -0.2) is 4.98 Å². The second-order valence-electron chi connectivity index (χ2n) is 3.95. The van der Waals surface area contributed by atoms with Gasteiger partial charge in [0.1, 0.15) is 5.65 Å². The highest BCUT2D eigenvalue weighted by atomic mass is 19.4. The van der Waals surface area contributed by atoms with Crippen LogP contribution in [0.3, 0.4) is 0 Å². The molecular formula is C11H11F3N2. The van der Waals surface area contributed by atoms with Gasteiger partial charge in [0.25, 0.3) is 0 Å². The number of hydrogen-bond donors (Lipinski definition) is 0. The number of halogens is 3. The van der Waals surface area contributed by atoms with Crippen molar-refractivity contribution in [3.8, 4) is 0 Å². The van der Waals surface area contributed by atoms with Gasteiger partial charge >= 0.3 is 6.18 Å². The Kier molecular flexibility index (Phi) is 2.40. The van der Waals surface area contributed by atoms with Gasteiger partial charge in [-0.05, 0) is 18.1 Å². The van der Waals surface area contributed by atoms with Crippen molar-refractivity contribution < 1.29 is 13.2 Å². The summed E-state index contributed by atoms with van der Waals surface area (Å²) in [7, 11) is 0. The Labute approximate surface area is 90.7 Å². The number of hydrogen-bond acceptors (Lipinski definition) is 1. The zero-order valence-corrected chi connectivity index (χ0v) is 8.92. The van der Waals surface area contributed by atoms with E-state index >= 15 is 0 Å². The lowest BCUT2D eigenvalue weighted by Crippen LogP contribution is -2.08. The molecule has 0 unspecified atom stereocenters. The molecule has 86 valence electrons. The van der Waals surface area contributed by atoms with Crippen LogP contribution in [0.5, 0.6) is 0 Å². The summed E-state index contributed by atoms with van der Waals surface area (Å²) in [6.45, 7) is 3.84. The Morgan fingerprint density at radius 1 is 1.31 bits per heavy atom. The van der Waals surface area contributed by atoms with Gasteiger partial charge in [0, 0.05) is 18.1 Å². The van der Waals surface area contributed by atoms with Crippen molar-refractivity contribution in [1.82, 2.24) is 9.38 Å². The van der Waals surface area contributed by atoms with Crippen LogP contribution in [-0.2, 0) is 6.18 Å². The van der Waals surface area contributed by atoms with E-state index in [0.717, 1.165) is 11.8 Å². The maximum absolute atomic E-state index is 12.7. The molecule has 0 spiro atoms. The smallest absolute Gasteiger partial charge is 0.303 e. The molecule has 0 radical (unpaired) electrons. The van der Waals surface area contributed by atoms with Gasteiger partial charge < -0.3 is 4.40 Å². The van der Waals surface area contributed by atoms with E-state index in [0.29, 0.717) is 0 Å². The quantitative estimate of drug-likeness (QED) is 0.730. The highest BCUT2D eigenvalue weighted by Crippen LogP contribution is 2.32. The van der Waals surface area contributed by atoms with Crippen LogP contribution in [0, 0.1) is 0 Å². The second kappa shape index (κ2) is 3.50. The van der Waals surface area contributed by atoms with Crippen molar-refractivity contribution in [1.29, 1.82) is 0 Å². The molecule has 0 aliphatic carbocycles. The first-order valence-electron chi connectivity index (χ1n) is 4.94. The maximum atomic E-state index is 12.7. The number of imidazole rings is 1. The standard InChI is InChI=1S/C11H11F3N2/c1-7(2)9-6-15-10-8(11(12,13)14)4-3-5-16(9)10/h3-7H,1-2H3. The first-order chi connectivity index (χ1) is 7.41. The zero-order valence-electron chi connectivity index (χ0n) is 8.92. The summed E-state index contributed by atoms with van der Waals surface area (Å²) in [4.78, 5) is 3.85. The Bertz CT molecular complexity index is 511. The van der Waals surface area contributed by atoms with Crippen LogP contribution >= 0.6 is 0 Å². The summed E-state index contributed by atoms with van der Waals surface area (Å²) < 4.78 is 39.5. The Morgan fingerprint density at radius 2 is 2.00 bits per heavy atom. The molecule has 0 bridgehead atoms. The largest absolute Gasteiger partial charge is 0.419 e. The minimum Gasteiger partial charge on any atom is -0.303 e. The molecule has 0 saturated carbocycles. The van der Waals surface area contributed by atoms with E-state index in [9.17, 15) is 13.2 Å². The fourth-order valence-electron chi connectivity index (χ4n) is 1.68. The predicted molar refractivity (Wildman–Crippen MR) is 54.3 cm³/mol. The second-order valence-corrected chi connectivity index (χ2v) is 3.95. The fraction of sp³-hybridized carbons (Fsp3) is 0.364. The van der Waals surface area contributed by atoms with Crippen LogP contribution in [0.15, 0.2) is 24.5 Å². The van der Waals surface area contributed by atoms with E-state index in [4.69, 9.17) is 0 Å². The average molecular weight is 228 g/mol. The van der Waals surface area contributed by atoms with E-state index in [-0.39, 0.29) is 11.6 Å². The Morgan fingerprint density at radius 3 is 2.56 bits per heavy atom. The highest BCUT2D eigenvalue weighted by molar-refractivity contribution is 5.51. The van der Waals surface area contributed by atoms with Crippen molar-refractivity contribution in [3.05, 3.63) is 35.8 Å². The topological polar surface area (TPSA) is 17.3 Å². The summed E-state index contributed by atoms with van der Waals surface area (Å²) in [5.74, 6) is 0.137. The summed E-state index contributed by atoms with van der Waals surface area (Å²) in [5.41, 5.74) is 0.0571. The van der Waals surface area contributed by atoms with Gasteiger partial charge in [0.2, 0.25) is 0 Å². The molecule has 2 nitrogen and oxygen atoms in total. The molecule has 0 amide bonds. The number of nitrogens with zero attached hydrogens (tertiary/aromatic N) is 2. The van der Waals surface area contributed by atoms with Gasteiger partial charge in [-0.2, -0.15) is 13.2 Å². The van der Waals surface area contributed by atoms with Crippen LogP contribution in [-0.4, -0.2) is 9.38 Å². The molecule has 2 rings (SSSR count). The molecule has 16 heavy (non-hydrogen) atoms. The van der Waals surface area contributed by atoms with E-state index in [1.165, 1.54) is 16.7 Å². The average Bonchev–Trinajstić information content (AvgIpc) is 2.58. The van der Waals surface area contributed by atoms with Crippen LogP contribution in [0.4, 0.5) is 13.2 Å². The predicted octanol–water partition coefficient (Wildman–Crippen LogP) is 3.48. The number of fused-ring (bicyclic) bond motifs is 1. The molecule has 0 atom stereocenters. The Hall–Kier alpha value is -1.52. The lowest BCUT2D eigenvalue weighted by molar-refractivity contribution is -0.136. The lowest BCUT2D eigenvalue weighted by atomic mass is 10.1. The van der Waals surface area contributed by atoms with Crippen LogP contribution in [0.2, 0.25) is 0 Å². The van der Waals surface area contributed by atoms with E-state index < -0.39 is 11.7 Å². The first-order valence-corrected chi connectivity index (χ1v) is 4.94. The molecule has 2 aromatic heterocycles. The molecule has 0 N–H and O–H groups in total. The van der Waals surface area contributed by atoms with E-state index in [1.54, 1.807) is 6.20 Å². The van der Waals surface area contributed by atoms with Crippen LogP contribution in [0.25, 0.3) is 5.65 Å². The lowest BCUT2D eigenvalue weighted by Gasteiger charge is -2.09. The minimum absolute atomic E-state index is 0.0290. The van der Waals surface area contributed by atoms with Crippen molar-refractivity contribution in [2.45, 2.75) is 25.9 Å². The third-order valence-electron chi connectivity index (χ3n) is 2.46. The van der Waals surface area contributed by atoms with Crippen molar-refractivity contribution in [3.63, 3.8) is 0 Å². The molecule has 2 aromatic rings. The minimum atomic E-state index is -4.36. The van der Waals surface area contributed by atoms with E-state index in [1.807, 2.05) is 13.8 Å². The molecule has 0 saturated heterocycles. The number of alkyl halides is 3. The van der Waals surface area contributed by atoms with Crippen molar-refractivity contribution in [2.75, 3.05) is 0 Å². The molecule has 0 aromatic carbocycles. The highest BCUT2D eigenvalue weighted by Gasteiger charge is 2.33. The third-order valence-corrected chi connectivity index (χ3v) is 2.46. The van der Waals surface area contributed by atoms with Crippen LogP contribution < -0.4 is 0 Å². The SMILES string of the molecule is CC(C)c1cnc2c(C(F)(F)F)cccn12. The Balaban J connectivity index is 2.72. The van der Waals surface area contributed by atoms with Crippen molar-refractivity contribution >= 4 is 5.65 Å². The summed E-state index contributed by atoms with van der Waals surface area (Å²) in [5, 5.41) is 0. The zero-order chi connectivity index (χ0) is 11.9. The normalized spacial score (nSPS) is 12.6. The van der Waals surface area contributed by atoms with Gasteiger partial charge in [0.15, 0.2) is 0 Å². The fourth-order valence-corrected chi connectivity index (χ4v) is 1.68. The number of pyridine rings is 1. The van der Waals surface area contributed by atoms with E-state index in [2.05, 4.69) is 4.98 Å². The maximum Gasteiger partial charge on any atom is 0.419 e. The molecule has 2 heterocycles. The number of aromatic nitrogens is 2. The third kappa shape index (κ3) is 1.66. The first kappa shape index (κ1) is 11.0. The molecule has 5 heteroatoms. The van der Waals surface area contributed by atoms with Gasteiger partial charge in [-0.3, -0.25) is 0 Å². The molecule has 0 fully saturated rings. The van der Waals surface area contributed by atoms with Crippen molar-refractivity contribution in [2.24, 2.45) is 0 Å². The monoisotopic (exact) mass is 228 g/mol.